The average Bonchev–Trinajstić information content (AvgIpc) is 3.15. The van der Waals surface area contributed by atoms with Gasteiger partial charge < -0.3 is 5.32 Å². The van der Waals surface area contributed by atoms with Gasteiger partial charge in [-0.25, -0.2) is 9.07 Å². The second-order valence-electron chi connectivity index (χ2n) is 4.99. The van der Waals surface area contributed by atoms with Crippen LogP contribution in [0.25, 0.3) is 5.69 Å². The zero-order chi connectivity index (χ0) is 14.1. The number of halogens is 1. The Hall–Kier alpha value is -2.17. The first-order valence-electron chi connectivity index (χ1n) is 6.82. The van der Waals surface area contributed by atoms with E-state index in [0.29, 0.717) is 18.0 Å². The molecule has 1 aromatic carbocycles. The van der Waals surface area contributed by atoms with Crippen molar-refractivity contribution in [2.45, 2.75) is 32.2 Å². The van der Waals surface area contributed by atoms with E-state index in [1.54, 1.807) is 23.0 Å². The van der Waals surface area contributed by atoms with Gasteiger partial charge in [-0.3, -0.25) is 4.79 Å². The number of aromatic nitrogens is 2. The lowest BCUT2D eigenvalue weighted by atomic mass is 10.2. The molecule has 1 amide bonds. The van der Waals surface area contributed by atoms with Crippen LogP contribution in [0.1, 0.15) is 35.8 Å². The molecule has 1 aromatic heterocycles. The molecule has 0 saturated heterocycles. The molecule has 0 aliphatic heterocycles. The topological polar surface area (TPSA) is 46.9 Å². The average molecular weight is 273 g/mol. The van der Waals surface area contributed by atoms with E-state index >= 15 is 0 Å². The van der Waals surface area contributed by atoms with Crippen LogP contribution in [0.15, 0.2) is 30.5 Å². The molecule has 1 heterocycles. The fourth-order valence-corrected chi connectivity index (χ4v) is 2.20. The molecule has 0 unspecified atom stereocenters. The van der Waals surface area contributed by atoms with Crippen LogP contribution in [-0.2, 0) is 6.42 Å². The van der Waals surface area contributed by atoms with Crippen molar-refractivity contribution in [2.24, 2.45) is 0 Å². The molecule has 4 nitrogen and oxygen atoms in total. The summed E-state index contributed by atoms with van der Waals surface area (Å²) in [6, 6.07) is 6.41. The summed E-state index contributed by atoms with van der Waals surface area (Å²) in [4.78, 5) is 12.1. The van der Waals surface area contributed by atoms with Gasteiger partial charge in [0.1, 0.15) is 5.82 Å². The largest absolute Gasteiger partial charge is 0.349 e. The van der Waals surface area contributed by atoms with Crippen LogP contribution < -0.4 is 5.32 Å². The Bertz CT molecular complexity index is 629. The fourth-order valence-electron chi connectivity index (χ4n) is 2.20. The minimum Gasteiger partial charge on any atom is -0.349 e. The summed E-state index contributed by atoms with van der Waals surface area (Å²) in [7, 11) is 0. The normalized spacial score (nSPS) is 14.3. The maximum atomic E-state index is 13.0. The summed E-state index contributed by atoms with van der Waals surface area (Å²) in [5, 5.41) is 7.24. The first-order valence-corrected chi connectivity index (χ1v) is 6.82. The predicted octanol–water partition coefficient (Wildman–Crippen LogP) is 2.47. The predicted molar refractivity (Wildman–Crippen MR) is 73.4 cm³/mol. The van der Waals surface area contributed by atoms with Gasteiger partial charge in [0.15, 0.2) is 0 Å². The molecule has 1 aliphatic carbocycles. The van der Waals surface area contributed by atoms with Gasteiger partial charge in [-0.15, -0.1) is 0 Å². The molecule has 0 spiro atoms. The van der Waals surface area contributed by atoms with Crippen LogP contribution in [0.3, 0.4) is 0 Å². The van der Waals surface area contributed by atoms with Crippen molar-refractivity contribution in [1.82, 2.24) is 15.1 Å². The number of hydrogen-bond donors (Lipinski definition) is 1. The lowest BCUT2D eigenvalue weighted by Crippen LogP contribution is -2.26. The van der Waals surface area contributed by atoms with E-state index in [1.165, 1.54) is 12.1 Å². The van der Waals surface area contributed by atoms with Crippen molar-refractivity contribution in [3.05, 3.63) is 47.5 Å². The molecule has 104 valence electrons. The lowest BCUT2D eigenvalue weighted by Gasteiger charge is -2.08. The summed E-state index contributed by atoms with van der Waals surface area (Å²) >= 11 is 0. The Morgan fingerprint density at radius 2 is 2.10 bits per heavy atom. The molecular weight excluding hydrogens is 257 g/mol. The number of amides is 1. The molecule has 20 heavy (non-hydrogen) atoms. The van der Waals surface area contributed by atoms with Crippen LogP contribution >= 0.6 is 0 Å². The summed E-state index contributed by atoms with van der Waals surface area (Å²) in [6.07, 6.45) is 4.38. The highest BCUT2D eigenvalue weighted by Crippen LogP contribution is 2.21. The van der Waals surface area contributed by atoms with E-state index in [4.69, 9.17) is 0 Å². The number of hydrogen-bond acceptors (Lipinski definition) is 2. The Balaban J connectivity index is 1.93. The summed E-state index contributed by atoms with van der Waals surface area (Å²) in [6.45, 7) is 1.98. The molecule has 2 aromatic rings. The van der Waals surface area contributed by atoms with Gasteiger partial charge in [0.2, 0.25) is 0 Å². The van der Waals surface area contributed by atoms with Crippen molar-refractivity contribution in [3.63, 3.8) is 0 Å². The number of carbonyl (C=O) groups is 1. The molecule has 0 atom stereocenters. The highest BCUT2D eigenvalue weighted by molar-refractivity contribution is 5.95. The van der Waals surface area contributed by atoms with E-state index in [2.05, 4.69) is 10.4 Å². The molecule has 1 aliphatic rings. The quantitative estimate of drug-likeness (QED) is 0.930. The summed E-state index contributed by atoms with van der Waals surface area (Å²) in [5.41, 5.74) is 2.20. The Kier molecular flexibility index (Phi) is 3.26. The summed E-state index contributed by atoms with van der Waals surface area (Å²) in [5.74, 6) is -0.358. The molecule has 1 N–H and O–H groups in total. The molecule has 1 saturated carbocycles. The monoisotopic (exact) mass is 273 g/mol. The van der Waals surface area contributed by atoms with Gasteiger partial charge in [0.25, 0.3) is 5.91 Å². The Labute approximate surface area is 116 Å². The lowest BCUT2D eigenvalue weighted by molar-refractivity contribution is 0.0950. The number of rotatable bonds is 4. The van der Waals surface area contributed by atoms with Gasteiger partial charge >= 0.3 is 0 Å². The minimum absolute atomic E-state index is 0.0716. The van der Waals surface area contributed by atoms with E-state index in [-0.39, 0.29) is 11.7 Å². The van der Waals surface area contributed by atoms with E-state index in [1.807, 2.05) is 6.92 Å². The second kappa shape index (κ2) is 5.07. The molecular formula is C15H16FN3O. The Morgan fingerprint density at radius 3 is 2.70 bits per heavy atom. The third kappa shape index (κ3) is 2.43. The number of carbonyl (C=O) groups excluding carboxylic acids is 1. The third-order valence-corrected chi connectivity index (χ3v) is 3.43. The molecule has 1 fully saturated rings. The smallest absolute Gasteiger partial charge is 0.254 e. The van der Waals surface area contributed by atoms with E-state index < -0.39 is 0 Å². The van der Waals surface area contributed by atoms with Crippen LogP contribution in [0.5, 0.6) is 0 Å². The second-order valence-corrected chi connectivity index (χ2v) is 4.99. The number of nitrogens with one attached hydrogen (secondary N) is 1. The maximum absolute atomic E-state index is 13.0. The standard InChI is InChI=1S/C15H16FN3O/c1-2-14-13(15(20)18-11-5-6-11)9-17-19(14)12-7-3-10(16)4-8-12/h3-4,7-9,11H,2,5-6H2,1H3,(H,18,20). The van der Waals surface area contributed by atoms with Gasteiger partial charge in [-0.1, -0.05) is 6.92 Å². The van der Waals surface area contributed by atoms with Crippen molar-refractivity contribution in [2.75, 3.05) is 0 Å². The molecule has 0 bridgehead atoms. The van der Waals surface area contributed by atoms with Gasteiger partial charge in [0, 0.05) is 6.04 Å². The minimum atomic E-state index is -0.286. The van der Waals surface area contributed by atoms with Gasteiger partial charge in [0.05, 0.1) is 23.1 Å². The van der Waals surface area contributed by atoms with Crippen molar-refractivity contribution < 1.29 is 9.18 Å². The summed E-state index contributed by atoms with van der Waals surface area (Å²) < 4.78 is 14.7. The highest BCUT2D eigenvalue weighted by atomic mass is 19.1. The first-order chi connectivity index (χ1) is 9.69. The van der Waals surface area contributed by atoms with Crippen LogP contribution in [0, 0.1) is 5.82 Å². The highest BCUT2D eigenvalue weighted by Gasteiger charge is 2.26. The van der Waals surface area contributed by atoms with E-state index in [0.717, 1.165) is 24.2 Å². The fraction of sp³-hybridized carbons (Fsp3) is 0.333. The van der Waals surface area contributed by atoms with Crippen molar-refractivity contribution in [3.8, 4) is 5.69 Å². The van der Waals surface area contributed by atoms with Crippen LogP contribution in [0.2, 0.25) is 0 Å². The molecule has 3 rings (SSSR count). The zero-order valence-corrected chi connectivity index (χ0v) is 11.3. The molecule has 0 radical (unpaired) electrons. The third-order valence-electron chi connectivity index (χ3n) is 3.43. The van der Waals surface area contributed by atoms with Crippen molar-refractivity contribution >= 4 is 5.91 Å². The Morgan fingerprint density at radius 1 is 1.40 bits per heavy atom. The van der Waals surface area contributed by atoms with Gasteiger partial charge in [-0.05, 0) is 43.5 Å². The van der Waals surface area contributed by atoms with Crippen LogP contribution in [0.4, 0.5) is 4.39 Å². The van der Waals surface area contributed by atoms with E-state index in [9.17, 15) is 9.18 Å². The first kappa shape index (κ1) is 12.8. The zero-order valence-electron chi connectivity index (χ0n) is 11.3. The maximum Gasteiger partial charge on any atom is 0.254 e. The van der Waals surface area contributed by atoms with Crippen LogP contribution in [-0.4, -0.2) is 21.7 Å². The SMILES string of the molecule is CCc1c(C(=O)NC2CC2)cnn1-c1ccc(F)cc1. The number of nitrogens with zero attached hydrogens (tertiary/aromatic N) is 2. The van der Waals surface area contributed by atoms with Gasteiger partial charge in [-0.2, -0.15) is 5.10 Å². The number of benzene rings is 1. The molecule has 5 heteroatoms. The van der Waals surface area contributed by atoms with Crippen molar-refractivity contribution in [1.29, 1.82) is 0 Å².